The van der Waals surface area contributed by atoms with Crippen molar-refractivity contribution >= 4 is 29.2 Å². The van der Waals surface area contributed by atoms with Crippen LogP contribution in [-0.2, 0) is 4.74 Å². The highest BCUT2D eigenvalue weighted by molar-refractivity contribution is 6.00. The summed E-state index contributed by atoms with van der Waals surface area (Å²) in [6.45, 7) is 3.38. The van der Waals surface area contributed by atoms with Gasteiger partial charge in [0.2, 0.25) is 0 Å². The molecule has 0 heterocycles. The molecular weight excluding hydrogens is 388 g/mol. The fourth-order valence-electron chi connectivity index (χ4n) is 2.66. The molecule has 9 heteroatoms. The lowest BCUT2D eigenvalue weighted by molar-refractivity contribution is 0.0539. The van der Waals surface area contributed by atoms with Gasteiger partial charge in [-0.3, -0.25) is 0 Å². The van der Waals surface area contributed by atoms with Crippen molar-refractivity contribution in [1.29, 1.82) is 0 Å². The number of nitrogen functional groups attached to an aromatic ring is 1. The summed E-state index contributed by atoms with van der Waals surface area (Å²) < 4.78 is 10.3. The molecule has 1 unspecified atom stereocenters. The molecule has 3 amide bonds. The van der Waals surface area contributed by atoms with E-state index in [1.807, 2.05) is 13.0 Å². The molecule has 0 spiro atoms. The molecular formula is C21H28N4O5. The number of alkyl carbamates (subject to hydrolysis) is 1. The molecule has 0 saturated carbocycles. The van der Waals surface area contributed by atoms with E-state index < -0.39 is 18.2 Å². The summed E-state index contributed by atoms with van der Waals surface area (Å²) >= 11 is 0. The van der Waals surface area contributed by atoms with Crippen molar-refractivity contribution in [2.75, 3.05) is 30.1 Å². The Labute approximate surface area is 175 Å². The zero-order chi connectivity index (χ0) is 22.1. The second-order valence-electron chi connectivity index (χ2n) is 6.65. The molecule has 0 aliphatic rings. The number of hydrogen-bond donors (Lipinski definition) is 5. The van der Waals surface area contributed by atoms with E-state index in [2.05, 4.69) is 16.0 Å². The van der Waals surface area contributed by atoms with E-state index in [0.29, 0.717) is 29.2 Å². The molecule has 0 fully saturated rings. The monoisotopic (exact) mass is 416 g/mol. The summed E-state index contributed by atoms with van der Waals surface area (Å²) in [5.41, 5.74) is 8.10. The number of hydrogen-bond acceptors (Lipinski definition) is 6. The van der Waals surface area contributed by atoms with Crippen LogP contribution in [0, 0.1) is 0 Å². The number of methoxy groups -OCH3 is 1. The van der Waals surface area contributed by atoms with Gasteiger partial charge in [0.25, 0.3) is 0 Å². The number of amides is 3. The fourth-order valence-corrected chi connectivity index (χ4v) is 2.66. The second-order valence-corrected chi connectivity index (χ2v) is 6.65. The summed E-state index contributed by atoms with van der Waals surface area (Å²) in [7, 11) is 1.50. The third-order valence-electron chi connectivity index (χ3n) is 4.40. The Bertz CT molecular complexity index is 870. The third kappa shape index (κ3) is 6.56. The van der Waals surface area contributed by atoms with Crippen LogP contribution in [0.5, 0.6) is 5.75 Å². The Hall–Kier alpha value is -3.46. The number of benzene rings is 2. The molecule has 0 aliphatic heterocycles. The summed E-state index contributed by atoms with van der Waals surface area (Å²) in [4.78, 5) is 24.3. The Kier molecular flexibility index (Phi) is 8.30. The molecule has 9 nitrogen and oxygen atoms in total. The molecule has 2 rings (SSSR count). The third-order valence-corrected chi connectivity index (χ3v) is 4.40. The Morgan fingerprint density at radius 1 is 1.13 bits per heavy atom. The number of anilines is 3. The van der Waals surface area contributed by atoms with Crippen LogP contribution in [0.1, 0.15) is 31.9 Å². The highest BCUT2D eigenvalue weighted by Crippen LogP contribution is 2.25. The smallest absolute Gasteiger partial charge is 0.407 e. The lowest BCUT2D eigenvalue weighted by Crippen LogP contribution is -2.32. The number of ether oxygens (including phenoxy) is 2. The Balaban J connectivity index is 1.97. The standard InChI is InChI=1S/C21H28N4O5/c1-4-17(12-26)30-21(28)23-13(2)14-6-5-7-15(10-14)24-20(27)25-16-8-9-18(22)19(11-16)29-3/h5-11,13,17,26H,4,12,22H2,1-3H3,(H,23,28)(H2,24,25,27)/t13-,17?/m0/s1. The van der Waals surface area contributed by atoms with E-state index in [-0.39, 0.29) is 12.6 Å². The normalized spacial score (nSPS) is 12.4. The average molecular weight is 416 g/mol. The Morgan fingerprint density at radius 2 is 1.83 bits per heavy atom. The van der Waals surface area contributed by atoms with Crippen LogP contribution < -0.4 is 26.4 Å². The number of carbonyl (C=O) groups excluding carboxylic acids is 2. The van der Waals surface area contributed by atoms with Crippen LogP contribution in [0.25, 0.3) is 0 Å². The van der Waals surface area contributed by atoms with Gasteiger partial charge in [-0.25, -0.2) is 9.59 Å². The van der Waals surface area contributed by atoms with Gasteiger partial charge < -0.3 is 36.3 Å². The van der Waals surface area contributed by atoms with E-state index in [4.69, 9.17) is 20.3 Å². The van der Waals surface area contributed by atoms with Gasteiger partial charge in [0, 0.05) is 17.4 Å². The van der Waals surface area contributed by atoms with Crippen LogP contribution >= 0.6 is 0 Å². The summed E-state index contributed by atoms with van der Waals surface area (Å²) in [6.07, 6.45) is -0.634. The highest BCUT2D eigenvalue weighted by Gasteiger charge is 2.15. The van der Waals surface area contributed by atoms with E-state index in [1.165, 1.54) is 7.11 Å². The number of aliphatic hydroxyl groups is 1. The van der Waals surface area contributed by atoms with Gasteiger partial charge in [-0.05, 0) is 43.2 Å². The van der Waals surface area contributed by atoms with Gasteiger partial charge in [0.15, 0.2) is 0 Å². The summed E-state index contributed by atoms with van der Waals surface area (Å²) in [5, 5.41) is 17.3. The number of nitrogens with two attached hydrogens (primary N) is 1. The van der Waals surface area contributed by atoms with Crippen molar-refractivity contribution in [2.45, 2.75) is 32.4 Å². The summed E-state index contributed by atoms with van der Waals surface area (Å²) in [5.74, 6) is 0.466. The highest BCUT2D eigenvalue weighted by atomic mass is 16.6. The minimum atomic E-state index is -0.614. The van der Waals surface area contributed by atoms with Crippen molar-refractivity contribution in [1.82, 2.24) is 5.32 Å². The molecule has 30 heavy (non-hydrogen) atoms. The maximum Gasteiger partial charge on any atom is 0.407 e. The first-order valence-electron chi connectivity index (χ1n) is 9.55. The minimum Gasteiger partial charge on any atom is -0.495 e. The number of urea groups is 1. The molecule has 0 aliphatic carbocycles. The van der Waals surface area contributed by atoms with Crippen LogP contribution in [0.3, 0.4) is 0 Å². The average Bonchev–Trinajstić information content (AvgIpc) is 2.73. The van der Waals surface area contributed by atoms with Crippen molar-refractivity contribution in [3.05, 3.63) is 48.0 Å². The first-order valence-corrected chi connectivity index (χ1v) is 9.55. The number of nitrogens with one attached hydrogen (secondary N) is 3. The molecule has 2 aromatic carbocycles. The van der Waals surface area contributed by atoms with Crippen molar-refractivity contribution < 1.29 is 24.2 Å². The van der Waals surface area contributed by atoms with Crippen LogP contribution in [-0.4, -0.2) is 37.1 Å². The van der Waals surface area contributed by atoms with Gasteiger partial charge >= 0.3 is 12.1 Å². The van der Waals surface area contributed by atoms with E-state index >= 15 is 0 Å². The van der Waals surface area contributed by atoms with Crippen LogP contribution in [0.2, 0.25) is 0 Å². The van der Waals surface area contributed by atoms with Crippen molar-refractivity contribution in [2.24, 2.45) is 0 Å². The SMILES string of the molecule is CCC(CO)OC(=O)N[C@@H](C)c1cccc(NC(=O)Nc2ccc(N)c(OC)c2)c1. The Morgan fingerprint density at radius 3 is 2.47 bits per heavy atom. The fraction of sp³-hybridized carbons (Fsp3) is 0.333. The molecule has 0 radical (unpaired) electrons. The summed E-state index contributed by atoms with van der Waals surface area (Å²) in [6, 6.07) is 11.2. The largest absolute Gasteiger partial charge is 0.495 e. The molecule has 2 aromatic rings. The lowest BCUT2D eigenvalue weighted by atomic mass is 10.1. The molecule has 6 N–H and O–H groups in total. The van der Waals surface area contributed by atoms with E-state index in [0.717, 1.165) is 5.56 Å². The van der Waals surface area contributed by atoms with Gasteiger partial charge in [-0.15, -0.1) is 0 Å². The van der Waals surface area contributed by atoms with Gasteiger partial charge in [0.05, 0.1) is 25.4 Å². The topological polar surface area (TPSA) is 135 Å². The second kappa shape index (κ2) is 10.9. The molecule has 0 saturated heterocycles. The van der Waals surface area contributed by atoms with Gasteiger partial charge in [-0.1, -0.05) is 19.1 Å². The maximum absolute atomic E-state index is 12.3. The van der Waals surface area contributed by atoms with E-state index in [9.17, 15) is 9.59 Å². The number of aliphatic hydroxyl groups excluding tert-OH is 1. The molecule has 0 aromatic heterocycles. The quantitative estimate of drug-likeness (QED) is 0.418. The number of rotatable bonds is 8. The number of carbonyl (C=O) groups is 2. The first-order chi connectivity index (χ1) is 14.4. The lowest BCUT2D eigenvalue weighted by Gasteiger charge is -2.18. The van der Waals surface area contributed by atoms with Gasteiger partial charge in [-0.2, -0.15) is 0 Å². The van der Waals surface area contributed by atoms with Crippen molar-refractivity contribution in [3.63, 3.8) is 0 Å². The first kappa shape index (κ1) is 22.8. The van der Waals surface area contributed by atoms with E-state index in [1.54, 1.807) is 43.3 Å². The minimum absolute atomic E-state index is 0.229. The molecule has 162 valence electrons. The predicted octanol–water partition coefficient (Wildman–Crippen LogP) is 3.48. The molecule has 0 bridgehead atoms. The van der Waals surface area contributed by atoms with Gasteiger partial charge in [0.1, 0.15) is 11.9 Å². The zero-order valence-electron chi connectivity index (χ0n) is 17.3. The van der Waals surface area contributed by atoms with Crippen LogP contribution in [0.15, 0.2) is 42.5 Å². The molecule has 2 atom stereocenters. The maximum atomic E-state index is 12.3. The van der Waals surface area contributed by atoms with Crippen LogP contribution in [0.4, 0.5) is 26.7 Å². The zero-order valence-corrected chi connectivity index (χ0v) is 17.3. The van der Waals surface area contributed by atoms with Crippen molar-refractivity contribution in [3.8, 4) is 5.75 Å². The predicted molar refractivity (Wildman–Crippen MR) is 116 cm³/mol.